The quantitative estimate of drug-likeness (QED) is 0.657. The predicted molar refractivity (Wildman–Crippen MR) is 78.5 cm³/mol. The lowest BCUT2D eigenvalue weighted by Gasteiger charge is -2.06. The Labute approximate surface area is 124 Å². The third-order valence-corrected chi connectivity index (χ3v) is 2.70. The molecule has 0 aliphatic rings. The summed E-state index contributed by atoms with van der Waals surface area (Å²) in [6.07, 6.45) is 0. The summed E-state index contributed by atoms with van der Waals surface area (Å²) in [6, 6.07) is 7.42. The van der Waals surface area contributed by atoms with Crippen molar-refractivity contribution in [2.24, 2.45) is 5.10 Å². The summed E-state index contributed by atoms with van der Waals surface area (Å²) >= 11 is 0. The van der Waals surface area contributed by atoms with E-state index in [2.05, 4.69) is 25.2 Å². The van der Waals surface area contributed by atoms with E-state index in [0.29, 0.717) is 17.0 Å². The van der Waals surface area contributed by atoms with Crippen LogP contribution in [0.15, 0.2) is 40.2 Å². The molecule has 8 heteroatoms. The maximum absolute atomic E-state index is 12.1. The number of nitrogens with one attached hydrogen (secondary N) is 2. The smallest absolute Gasteiger partial charge is 0.387 e. The molecule has 116 valence electrons. The highest BCUT2D eigenvalue weighted by Crippen LogP contribution is 2.15. The lowest BCUT2D eigenvalue weighted by molar-refractivity contribution is -0.0498. The standard InChI is InChI=1S/C14H14F2N4O2/c1-8-7-12(21)18-14(17-8)20-19-9(2)10-3-5-11(6-4-10)22-13(15)16/h3-7,13H,1-2H3,(H2,17,18,20,21). The van der Waals surface area contributed by atoms with Gasteiger partial charge in [0.2, 0.25) is 5.95 Å². The van der Waals surface area contributed by atoms with Gasteiger partial charge in [-0.2, -0.15) is 13.9 Å². The monoisotopic (exact) mass is 308 g/mol. The van der Waals surface area contributed by atoms with Crippen molar-refractivity contribution in [3.63, 3.8) is 0 Å². The molecule has 2 aromatic rings. The molecule has 2 N–H and O–H groups in total. The number of ether oxygens (including phenoxy) is 1. The highest BCUT2D eigenvalue weighted by Gasteiger charge is 2.05. The van der Waals surface area contributed by atoms with Crippen LogP contribution in [0.4, 0.5) is 14.7 Å². The zero-order valence-electron chi connectivity index (χ0n) is 11.9. The van der Waals surface area contributed by atoms with E-state index < -0.39 is 6.61 Å². The number of halogens is 2. The van der Waals surface area contributed by atoms with Crippen molar-refractivity contribution in [2.45, 2.75) is 20.5 Å². The van der Waals surface area contributed by atoms with Gasteiger partial charge in [-0.15, -0.1) is 0 Å². The summed E-state index contributed by atoms with van der Waals surface area (Å²) in [7, 11) is 0. The highest BCUT2D eigenvalue weighted by atomic mass is 19.3. The number of rotatable bonds is 5. The maximum atomic E-state index is 12.1. The molecule has 0 bridgehead atoms. The van der Waals surface area contributed by atoms with Gasteiger partial charge in [-0.1, -0.05) is 0 Å². The fraction of sp³-hybridized carbons (Fsp3) is 0.214. The Balaban J connectivity index is 2.09. The number of hydrogen-bond acceptors (Lipinski definition) is 5. The van der Waals surface area contributed by atoms with Crippen molar-refractivity contribution < 1.29 is 13.5 Å². The molecule has 0 amide bonds. The summed E-state index contributed by atoms with van der Waals surface area (Å²) in [5.41, 5.74) is 4.23. The van der Waals surface area contributed by atoms with E-state index >= 15 is 0 Å². The SMILES string of the molecule is CC(=NNc1nc(C)cc(=O)[nH]1)c1ccc(OC(F)F)cc1. The van der Waals surface area contributed by atoms with Crippen LogP contribution in [0.5, 0.6) is 5.75 Å². The normalized spacial score (nSPS) is 11.6. The van der Waals surface area contributed by atoms with Crippen LogP contribution in [-0.4, -0.2) is 22.3 Å². The highest BCUT2D eigenvalue weighted by molar-refractivity contribution is 5.99. The molecule has 6 nitrogen and oxygen atoms in total. The molecule has 0 radical (unpaired) electrons. The van der Waals surface area contributed by atoms with Crippen LogP contribution < -0.4 is 15.7 Å². The van der Waals surface area contributed by atoms with Crippen molar-refractivity contribution in [2.75, 3.05) is 5.43 Å². The van der Waals surface area contributed by atoms with Crippen molar-refractivity contribution in [3.8, 4) is 5.75 Å². The zero-order chi connectivity index (χ0) is 16.1. The third-order valence-electron chi connectivity index (χ3n) is 2.70. The molecule has 1 aromatic heterocycles. The van der Waals surface area contributed by atoms with E-state index in [9.17, 15) is 13.6 Å². The first kappa shape index (κ1) is 15.6. The van der Waals surface area contributed by atoms with Crippen LogP contribution in [0.2, 0.25) is 0 Å². The van der Waals surface area contributed by atoms with Crippen LogP contribution in [0.1, 0.15) is 18.2 Å². The average Bonchev–Trinajstić information content (AvgIpc) is 2.44. The van der Waals surface area contributed by atoms with Crippen molar-refractivity contribution >= 4 is 11.7 Å². The first-order valence-corrected chi connectivity index (χ1v) is 6.37. The molecular formula is C14H14F2N4O2. The fourth-order valence-corrected chi connectivity index (χ4v) is 1.71. The van der Waals surface area contributed by atoms with E-state index in [4.69, 9.17) is 0 Å². The Bertz CT molecular complexity index is 726. The summed E-state index contributed by atoms with van der Waals surface area (Å²) in [5.74, 6) is 0.297. The third kappa shape index (κ3) is 4.37. The van der Waals surface area contributed by atoms with Gasteiger partial charge in [0, 0.05) is 11.8 Å². The lowest BCUT2D eigenvalue weighted by Crippen LogP contribution is -2.11. The van der Waals surface area contributed by atoms with Crippen LogP contribution in [-0.2, 0) is 0 Å². The number of anilines is 1. The molecule has 0 aliphatic heterocycles. The van der Waals surface area contributed by atoms with Gasteiger partial charge < -0.3 is 4.74 Å². The summed E-state index contributed by atoms with van der Waals surface area (Å²) in [5, 5.41) is 4.08. The second kappa shape index (κ2) is 6.79. The van der Waals surface area contributed by atoms with Crippen LogP contribution in [0, 0.1) is 6.92 Å². The largest absolute Gasteiger partial charge is 0.435 e. The van der Waals surface area contributed by atoms with Crippen LogP contribution >= 0.6 is 0 Å². The fourth-order valence-electron chi connectivity index (χ4n) is 1.71. The van der Waals surface area contributed by atoms with Gasteiger partial charge in [0.1, 0.15) is 5.75 Å². The first-order chi connectivity index (χ1) is 10.4. The number of aryl methyl sites for hydroxylation is 1. The van der Waals surface area contributed by atoms with E-state index in [1.807, 2.05) is 0 Å². The molecule has 0 saturated carbocycles. The Kier molecular flexibility index (Phi) is 4.82. The Morgan fingerprint density at radius 3 is 2.64 bits per heavy atom. The van der Waals surface area contributed by atoms with Gasteiger partial charge in [0.05, 0.1) is 5.71 Å². The molecule has 2 rings (SSSR count). The number of benzene rings is 1. The summed E-state index contributed by atoms with van der Waals surface area (Å²) < 4.78 is 28.4. The van der Waals surface area contributed by atoms with Gasteiger partial charge in [-0.05, 0) is 43.7 Å². The molecule has 0 atom stereocenters. The van der Waals surface area contributed by atoms with E-state index in [1.165, 1.54) is 18.2 Å². The van der Waals surface area contributed by atoms with Crippen LogP contribution in [0.25, 0.3) is 0 Å². The van der Waals surface area contributed by atoms with Crippen molar-refractivity contribution in [3.05, 3.63) is 51.9 Å². The zero-order valence-corrected chi connectivity index (χ0v) is 11.9. The summed E-state index contributed by atoms with van der Waals surface area (Å²) in [6.45, 7) is 0.564. The molecule has 1 heterocycles. The molecule has 22 heavy (non-hydrogen) atoms. The van der Waals surface area contributed by atoms with Gasteiger partial charge in [-0.25, -0.2) is 10.4 Å². The van der Waals surface area contributed by atoms with Crippen molar-refractivity contribution in [1.82, 2.24) is 9.97 Å². The number of aromatic nitrogens is 2. The number of alkyl halides is 2. The topological polar surface area (TPSA) is 79.4 Å². The van der Waals surface area contributed by atoms with Gasteiger partial charge >= 0.3 is 6.61 Å². The molecule has 0 saturated heterocycles. The van der Waals surface area contributed by atoms with Gasteiger partial charge in [0.15, 0.2) is 0 Å². The lowest BCUT2D eigenvalue weighted by atomic mass is 10.1. The predicted octanol–water partition coefficient (Wildman–Crippen LogP) is 2.52. The maximum Gasteiger partial charge on any atom is 0.387 e. The van der Waals surface area contributed by atoms with E-state index in [-0.39, 0.29) is 17.3 Å². The Morgan fingerprint density at radius 1 is 1.36 bits per heavy atom. The molecule has 0 unspecified atom stereocenters. The van der Waals surface area contributed by atoms with Crippen molar-refractivity contribution in [1.29, 1.82) is 0 Å². The van der Waals surface area contributed by atoms with Gasteiger partial charge in [-0.3, -0.25) is 9.78 Å². The number of hydrazone groups is 1. The molecular weight excluding hydrogens is 294 g/mol. The second-order valence-electron chi connectivity index (χ2n) is 4.45. The van der Waals surface area contributed by atoms with Gasteiger partial charge in [0.25, 0.3) is 5.56 Å². The number of nitrogens with zero attached hydrogens (tertiary/aromatic N) is 2. The number of aromatic amines is 1. The van der Waals surface area contributed by atoms with E-state index in [1.54, 1.807) is 26.0 Å². The summed E-state index contributed by atoms with van der Waals surface area (Å²) in [4.78, 5) is 17.9. The second-order valence-corrected chi connectivity index (χ2v) is 4.45. The minimum absolute atomic E-state index is 0.0733. The molecule has 0 aliphatic carbocycles. The first-order valence-electron chi connectivity index (χ1n) is 6.37. The van der Waals surface area contributed by atoms with E-state index in [0.717, 1.165) is 0 Å². The Hall–Kier alpha value is -2.77. The minimum atomic E-state index is -2.86. The number of H-pyrrole nitrogens is 1. The average molecular weight is 308 g/mol. The molecule has 1 aromatic carbocycles. The Morgan fingerprint density at radius 2 is 2.05 bits per heavy atom. The molecule has 0 fully saturated rings. The van der Waals surface area contributed by atoms with Crippen LogP contribution in [0.3, 0.4) is 0 Å². The molecule has 0 spiro atoms. The number of hydrogen-bond donors (Lipinski definition) is 2. The minimum Gasteiger partial charge on any atom is -0.435 e.